The lowest BCUT2D eigenvalue weighted by molar-refractivity contribution is -0.141. The average molecular weight is 268 g/mol. The first-order chi connectivity index (χ1) is 9.11. The average Bonchev–Trinajstić information content (AvgIpc) is 2.87. The zero-order valence-corrected chi connectivity index (χ0v) is 11.6. The minimum atomic E-state index is -0.735. The van der Waals surface area contributed by atoms with Gasteiger partial charge in [-0.25, -0.2) is 4.79 Å². The van der Waals surface area contributed by atoms with Gasteiger partial charge in [0.25, 0.3) is 0 Å². The Morgan fingerprint density at radius 1 is 1.26 bits per heavy atom. The highest BCUT2D eigenvalue weighted by Crippen LogP contribution is 2.26. The number of piperidine rings is 1. The number of carboxylic acids is 1. The standard InChI is InChI=1S/C14H24N2O3/c1-2-12-5-3-4-8-16(12)14(19)15-11-7-6-10(9-11)13(17)18/h10-12H,2-9H2,1H3,(H,15,19)(H,17,18)/t10-,11+,12?/m1/s1. The van der Waals surface area contributed by atoms with Gasteiger partial charge in [-0.3, -0.25) is 4.79 Å². The molecule has 2 amide bonds. The number of nitrogens with one attached hydrogen (secondary N) is 1. The van der Waals surface area contributed by atoms with E-state index < -0.39 is 5.97 Å². The van der Waals surface area contributed by atoms with Crippen LogP contribution in [0.1, 0.15) is 51.9 Å². The summed E-state index contributed by atoms with van der Waals surface area (Å²) in [6.45, 7) is 2.95. The normalized spacial score (nSPS) is 31.2. The highest BCUT2D eigenvalue weighted by atomic mass is 16.4. The monoisotopic (exact) mass is 268 g/mol. The lowest BCUT2D eigenvalue weighted by Crippen LogP contribution is -2.50. The molecule has 0 aromatic rings. The fourth-order valence-electron chi connectivity index (χ4n) is 3.29. The summed E-state index contributed by atoms with van der Waals surface area (Å²) in [5, 5.41) is 12.0. The Morgan fingerprint density at radius 3 is 2.68 bits per heavy atom. The van der Waals surface area contributed by atoms with Gasteiger partial charge in [0.05, 0.1) is 5.92 Å². The maximum atomic E-state index is 12.3. The number of aliphatic carboxylic acids is 1. The molecule has 19 heavy (non-hydrogen) atoms. The summed E-state index contributed by atoms with van der Waals surface area (Å²) in [5.41, 5.74) is 0. The van der Waals surface area contributed by atoms with Crippen LogP contribution in [0.2, 0.25) is 0 Å². The molecular weight excluding hydrogens is 244 g/mol. The molecule has 2 rings (SSSR count). The van der Waals surface area contributed by atoms with Crippen LogP contribution in [-0.4, -0.2) is 40.6 Å². The third kappa shape index (κ3) is 3.39. The molecule has 1 heterocycles. The summed E-state index contributed by atoms with van der Waals surface area (Å²) in [6.07, 6.45) is 6.40. The molecule has 0 spiro atoms. The molecule has 1 saturated carbocycles. The third-order valence-electron chi connectivity index (χ3n) is 4.47. The smallest absolute Gasteiger partial charge is 0.317 e. The lowest BCUT2D eigenvalue weighted by atomic mass is 10.0. The second-order valence-corrected chi connectivity index (χ2v) is 5.75. The maximum absolute atomic E-state index is 12.3. The topological polar surface area (TPSA) is 69.6 Å². The largest absolute Gasteiger partial charge is 0.481 e. The zero-order chi connectivity index (χ0) is 13.8. The molecule has 0 bridgehead atoms. The molecule has 1 aliphatic carbocycles. The number of carbonyl (C=O) groups excluding carboxylic acids is 1. The fourth-order valence-corrected chi connectivity index (χ4v) is 3.29. The number of rotatable bonds is 3. The molecule has 2 N–H and O–H groups in total. The predicted molar refractivity (Wildman–Crippen MR) is 71.9 cm³/mol. The summed E-state index contributed by atoms with van der Waals surface area (Å²) in [7, 11) is 0. The predicted octanol–water partition coefficient (Wildman–Crippen LogP) is 2.21. The summed E-state index contributed by atoms with van der Waals surface area (Å²) < 4.78 is 0. The maximum Gasteiger partial charge on any atom is 0.317 e. The molecule has 1 unspecified atom stereocenters. The van der Waals surface area contributed by atoms with Crippen LogP contribution in [0.4, 0.5) is 4.79 Å². The Bertz CT molecular complexity index is 346. The molecular formula is C14H24N2O3. The Kier molecular flexibility index (Phi) is 4.66. The highest BCUT2D eigenvalue weighted by molar-refractivity contribution is 5.75. The zero-order valence-electron chi connectivity index (χ0n) is 11.6. The quantitative estimate of drug-likeness (QED) is 0.824. The molecule has 2 fully saturated rings. The summed E-state index contributed by atoms with van der Waals surface area (Å²) in [5.74, 6) is -1.02. The van der Waals surface area contributed by atoms with Gasteiger partial charge in [-0.15, -0.1) is 0 Å². The van der Waals surface area contributed by atoms with Gasteiger partial charge in [-0.05, 0) is 44.9 Å². The number of carbonyl (C=O) groups is 2. The van der Waals surface area contributed by atoms with Crippen LogP contribution in [0.3, 0.4) is 0 Å². The number of amides is 2. The minimum Gasteiger partial charge on any atom is -0.481 e. The second-order valence-electron chi connectivity index (χ2n) is 5.75. The Labute approximate surface area is 114 Å². The highest BCUT2D eigenvalue weighted by Gasteiger charge is 2.32. The number of nitrogens with zero attached hydrogens (tertiary/aromatic N) is 1. The summed E-state index contributed by atoms with van der Waals surface area (Å²) >= 11 is 0. The van der Waals surface area contributed by atoms with Gasteiger partial charge in [0, 0.05) is 18.6 Å². The van der Waals surface area contributed by atoms with Crippen LogP contribution in [0.25, 0.3) is 0 Å². The van der Waals surface area contributed by atoms with E-state index in [1.54, 1.807) is 0 Å². The van der Waals surface area contributed by atoms with Gasteiger partial charge < -0.3 is 15.3 Å². The van der Waals surface area contributed by atoms with Crippen molar-refractivity contribution in [2.75, 3.05) is 6.54 Å². The third-order valence-corrected chi connectivity index (χ3v) is 4.47. The van der Waals surface area contributed by atoms with E-state index in [0.717, 1.165) is 32.2 Å². The van der Waals surface area contributed by atoms with Crippen molar-refractivity contribution < 1.29 is 14.7 Å². The van der Waals surface area contributed by atoms with Crippen LogP contribution >= 0.6 is 0 Å². The molecule has 0 radical (unpaired) electrons. The molecule has 5 nitrogen and oxygen atoms in total. The lowest BCUT2D eigenvalue weighted by Gasteiger charge is -2.36. The Hall–Kier alpha value is -1.26. The summed E-state index contributed by atoms with van der Waals surface area (Å²) in [6, 6.07) is 0.390. The summed E-state index contributed by atoms with van der Waals surface area (Å²) in [4.78, 5) is 25.1. The van der Waals surface area contributed by atoms with Crippen molar-refractivity contribution in [3.05, 3.63) is 0 Å². The Balaban J connectivity index is 1.85. The van der Waals surface area contributed by atoms with Crippen molar-refractivity contribution in [3.8, 4) is 0 Å². The van der Waals surface area contributed by atoms with Crippen LogP contribution in [0.15, 0.2) is 0 Å². The molecule has 1 saturated heterocycles. The number of likely N-dealkylation sites (tertiary alicyclic amines) is 1. The van der Waals surface area contributed by atoms with Gasteiger partial charge in [-0.2, -0.15) is 0 Å². The van der Waals surface area contributed by atoms with Crippen molar-refractivity contribution in [1.29, 1.82) is 0 Å². The van der Waals surface area contributed by atoms with Crippen molar-refractivity contribution >= 4 is 12.0 Å². The van der Waals surface area contributed by atoms with Gasteiger partial charge in [0.2, 0.25) is 0 Å². The number of hydrogen-bond donors (Lipinski definition) is 2. The van der Waals surface area contributed by atoms with E-state index in [0.29, 0.717) is 18.9 Å². The molecule has 108 valence electrons. The molecule has 1 aliphatic heterocycles. The SMILES string of the molecule is CCC1CCCCN1C(=O)N[C@H]1CC[C@@H](C(=O)O)C1. The van der Waals surface area contributed by atoms with E-state index >= 15 is 0 Å². The molecule has 3 atom stereocenters. The molecule has 2 aliphatic rings. The van der Waals surface area contributed by atoms with Crippen molar-refractivity contribution in [2.45, 2.75) is 64.0 Å². The van der Waals surface area contributed by atoms with Gasteiger partial charge in [0.15, 0.2) is 0 Å². The first-order valence-electron chi connectivity index (χ1n) is 7.41. The molecule has 0 aromatic carbocycles. The van der Waals surface area contributed by atoms with Crippen LogP contribution in [0.5, 0.6) is 0 Å². The van der Waals surface area contributed by atoms with E-state index in [1.807, 2.05) is 4.90 Å². The van der Waals surface area contributed by atoms with Crippen molar-refractivity contribution in [3.63, 3.8) is 0 Å². The fraction of sp³-hybridized carbons (Fsp3) is 0.857. The van der Waals surface area contributed by atoms with Crippen LogP contribution in [0, 0.1) is 5.92 Å². The first-order valence-corrected chi connectivity index (χ1v) is 7.41. The second kappa shape index (κ2) is 6.26. The van der Waals surface area contributed by atoms with Crippen LogP contribution in [-0.2, 0) is 4.79 Å². The Morgan fingerprint density at radius 2 is 2.05 bits per heavy atom. The van der Waals surface area contributed by atoms with E-state index in [4.69, 9.17) is 5.11 Å². The van der Waals surface area contributed by atoms with E-state index in [-0.39, 0.29) is 18.0 Å². The van der Waals surface area contributed by atoms with E-state index in [2.05, 4.69) is 12.2 Å². The van der Waals surface area contributed by atoms with Crippen molar-refractivity contribution in [2.24, 2.45) is 5.92 Å². The van der Waals surface area contributed by atoms with E-state index in [9.17, 15) is 9.59 Å². The van der Waals surface area contributed by atoms with Crippen LogP contribution < -0.4 is 5.32 Å². The van der Waals surface area contributed by atoms with Gasteiger partial charge in [-0.1, -0.05) is 6.92 Å². The van der Waals surface area contributed by atoms with Gasteiger partial charge in [0.1, 0.15) is 0 Å². The number of hydrogen-bond acceptors (Lipinski definition) is 2. The van der Waals surface area contributed by atoms with E-state index in [1.165, 1.54) is 6.42 Å². The number of carboxylic acid groups (broad SMARTS) is 1. The van der Waals surface area contributed by atoms with Gasteiger partial charge >= 0.3 is 12.0 Å². The molecule has 5 heteroatoms. The van der Waals surface area contributed by atoms with Crippen molar-refractivity contribution in [1.82, 2.24) is 10.2 Å². The first kappa shape index (κ1) is 14.2. The number of urea groups is 1. The minimum absolute atomic E-state index is 0.00240. The molecule has 0 aromatic heterocycles.